The Morgan fingerprint density at radius 3 is 3.00 bits per heavy atom. The minimum atomic E-state index is 0.640. The highest BCUT2D eigenvalue weighted by Gasteiger charge is 2.07. The number of rotatable bonds is 3. The van der Waals surface area contributed by atoms with Crippen LogP contribution in [0.2, 0.25) is 0 Å². The summed E-state index contributed by atoms with van der Waals surface area (Å²) in [7, 11) is 0. The molecule has 0 aliphatic carbocycles. The maximum Gasteiger partial charge on any atom is 0.257 e. The van der Waals surface area contributed by atoms with Gasteiger partial charge in [0.05, 0.1) is 5.69 Å². The Morgan fingerprint density at radius 2 is 2.17 bits per heavy atom. The van der Waals surface area contributed by atoms with E-state index in [9.17, 15) is 0 Å². The Hall–Kier alpha value is -2.01. The van der Waals surface area contributed by atoms with E-state index in [-0.39, 0.29) is 0 Å². The van der Waals surface area contributed by atoms with E-state index in [0.717, 1.165) is 22.5 Å². The molecule has 90 valence electrons. The summed E-state index contributed by atoms with van der Waals surface area (Å²) < 4.78 is 5.61. The van der Waals surface area contributed by atoms with Gasteiger partial charge in [-0.3, -0.25) is 4.98 Å². The average molecular weight is 257 g/mol. The molecule has 4 nitrogen and oxygen atoms in total. The van der Waals surface area contributed by atoms with Crippen LogP contribution < -0.4 is 5.73 Å². The zero-order valence-electron chi connectivity index (χ0n) is 9.54. The molecule has 0 unspecified atom stereocenters. The number of oxazole rings is 1. The van der Waals surface area contributed by atoms with Crippen molar-refractivity contribution < 1.29 is 4.42 Å². The van der Waals surface area contributed by atoms with Crippen molar-refractivity contribution in [3.8, 4) is 0 Å². The third kappa shape index (κ3) is 2.31. The summed E-state index contributed by atoms with van der Waals surface area (Å²) in [6.07, 6.45) is 1.78. The van der Waals surface area contributed by atoms with Gasteiger partial charge in [-0.15, -0.1) is 0 Å². The molecular formula is C13H11N3OS. The zero-order chi connectivity index (χ0) is 12.4. The largest absolute Gasteiger partial charge is 0.431 e. The van der Waals surface area contributed by atoms with Crippen molar-refractivity contribution in [1.29, 1.82) is 0 Å². The second-order valence-corrected chi connectivity index (χ2v) is 4.74. The zero-order valence-corrected chi connectivity index (χ0v) is 10.4. The Morgan fingerprint density at radius 1 is 1.22 bits per heavy atom. The minimum Gasteiger partial charge on any atom is -0.431 e. The third-order valence-corrected chi connectivity index (χ3v) is 3.32. The quantitative estimate of drug-likeness (QED) is 0.577. The molecule has 0 aliphatic rings. The van der Waals surface area contributed by atoms with Crippen molar-refractivity contribution in [2.45, 2.75) is 11.0 Å². The van der Waals surface area contributed by atoms with Crippen LogP contribution in [0.4, 0.5) is 5.69 Å². The van der Waals surface area contributed by atoms with Crippen LogP contribution in [0.25, 0.3) is 11.1 Å². The van der Waals surface area contributed by atoms with E-state index in [1.165, 1.54) is 11.8 Å². The predicted molar refractivity (Wildman–Crippen MR) is 72.2 cm³/mol. The molecule has 5 heteroatoms. The third-order valence-electron chi connectivity index (χ3n) is 2.46. The number of pyridine rings is 1. The first-order valence-corrected chi connectivity index (χ1v) is 6.48. The maximum absolute atomic E-state index is 5.69. The van der Waals surface area contributed by atoms with Crippen molar-refractivity contribution in [3.05, 3.63) is 48.3 Å². The predicted octanol–water partition coefficient (Wildman–Crippen LogP) is 3.10. The van der Waals surface area contributed by atoms with Gasteiger partial charge in [-0.2, -0.15) is 0 Å². The van der Waals surface area contributed by atoms with Crippen LogP contribution in [0.3, 0.4) is 0 Å². The van der Waals surface area contributed by atoms with Crippen molar-refractivity contribution in [3.63, 3.8) is 0 Å². The number of nitrogens with two attached hydrogens (primary N) is 1. The second-order valence-electron chi connectivity index (χ2n) is 3.82. The van der Waals surface area contributed by atoms with E-state index >= 15 is 0 Å². The van der Waals surface area contributed by atoms with Crippen LogP contribution in [0.5, 0.6) is 0 Å². The highest BCUT2D eigenvalue weighted by atomic mass is 32.2. The molecule has 0 spiro atoms. The molecule has 2 aromatic heterocycles. The van der Waals surface area contributed by atoms with E-state index in [1.807, 2.05) is 30.3 Å². The van der Waals surface area contributed by atoms with Gasteiger partial charge in [0.25, 0.3) is 5.22 Å². The number of aromatic nitrogens is 2. The fraction of sp³-hybridized carbons (Fsp3) is 0.0769. The Labute approximate surface area is 108 Å². The molecule has 1 aromatic carbocycles. The van der Waals surface area contributed by atoms with Crippen LogP contribution in [0.1, 0.15) is 5.69 Å². The molecule has 0 saturated carbocycles. The molecule has 2 heterocycles. The Kier molecular flexibility index (Phi) is 2.90. The topological polar surface area (TPSA) is 64.9 Å². The molecule has 0 atom stereocenters. The SMILES string of the molecule is Nc1ccc2nc(SCc3ccccn3)oc2c1. The molecule has 3 rings (SSSR count). The molecular weight excluding hydrogens is 246 g/mol. The fourth-order valence-corrected chi connectivity index (χ4v) is 2.35. The lowest BCUT2D eigenvalue weighted by Gasteiger charge is -1.95. The van der Waals surface area contributed by atoms with E-state index < -0.39 is 0 Å². The molecule has 3 aromatic rings. The smallest absolute Gasteiger partial charge is 0.257 e. The van der Waals surface area contributed by atoms with Gasteiger partial charge in [-0.1, -0.05) is 17.8 Å². The first-order chi connectivity index (χ1) is 8.81. The fourth-order valence-electron chi connectivity index (χ4n) is 1.60. The molecule has 0 aliphatic heterocycles. The first kappa shape index (κ1) is 11.1. The van der Waals surface area contributed by atoms with Gasteiger partial charge in [0.1, 0.15) is 5.52 Å². The highest BCUT2D eigenvalue weighted by molar-refractivity contribution is 7.98. The maximum atomic E-state index is 5.69. The van der Waals surface area contributed by atoms with E-state index in [0.29, 0.717) is 10.9 Å². The van der Waals surface area contributed by atoms with Crippen molar-refractivity contribution in [2.24, 2.45) is 0 Å². The average Bonchev–Trinajstić information content (AvgIpc) is 2.79. The number of benzene rings is 1. The van der Waals surface area contributed by atoms with Crippen molar-refractivity contribution >= 4 is 28.5 Å². The van der Waals surface area contributed by atoms with Crippen LogP contribution in [0.15, 0.2) is 52.2 Å². The first-order valence-electron chi connectivity index (χ1n) is 5.50. The molecule has 0 radical (unpaired) electrons. The molecule has 2 N–H and O–H groups in total. The Bertz CT molecular complexity index is 666. The van der Waals surface area contributed by atoms with Crippen LogP contribution in [-0.4, -0.2) is 9.97 Å². The summed E-state index contributed by atoms with van der Waals surface area (Å²) in [5, 5.41) is 0.640. The summed E-state index contributed by atoms with van der Waals surface area (Å²) in [4.78, 5) is 8.63. The van der Waals surface area contributed by atoms with Crippen molar-refractivity contribution in [1.82, 2.24) is 9.97 Å². The number of fused-ring (bicyclic) bond motifs is 1. The minimum absolute atomic E-state index is 0.640. The summed E-state index contributed by atoms with van der Waals surface area (Å²) in [5.41, 5.74) is 8.93. The second kappa shape index (κ2) is 4.70. The molecule has 0 fully saturated rings. The number of nitrogen functional groups attached to an aromatic ring is 1. The van der Waals surface area contributed by atoms with Crippen LogP contribution in [0, 0.1) is 0 Å². The number of hydrogen-bond donors (Lipinski definition) is 1. The number of hydrogen-bond acceptors (Lipinski definition) is 5. The normalized spacial score (nSPS) is 10.9. The molecule has 0 bridgehead atoms. The van der Waals surface area contributed by atoms with Gasteiger partial charge in [-0.05, 0) is 24.3 Å². The van der Waals surface area contributed by atoms with Gasteiger partial charge in [-0.25, -0.2) is 4.98 Å². The standard InChI is InChI=1S/C13H11N3OS/c14-9-4-5-11-12(7-9)17-13(16-11)18-8-10-3-1-2-6-15-10/h1-7H,8,14H2. The summed E-state index contributed by atoms with van der Waals surface area (Å²) in [6, 6.07) is 11.3. The van der Waals surface area contributed by atoms with E-state index in [1.54, 1.807) is 12.3 Å². The number of nitrogens with zero attached hydrogens (tertiary/aromatic N) is 2. The van der Waals surface area contributed by atoms with Gasteiger partial charge < -0.3 is 10.2 Å². The lowest BCUT2D eigenvalue weighted by atomic mass is 10.3. The lowest BCUT2D eigenvalue weighted by Crippen LogP contribution is -1.84. The van der Waals surface area contributed by atoms with E-state index in [2.05, 4.69) is 9.97 Å². The molecule has 18 heavy (non-hydrogen) atoms. The summed E-state index contributed by atoms with van der Waals surface area (Å²) in [6.45, 7) is 0. The number of anilines is 1. The van der Waals surface area contributed by atoms with Gasteiger partial charge in [0.2, 0.25) is 0 Å². The van der Waals surface area contributed by atoms with Gasteiger partial charge >= 0.3 is 0 Å². The van der Waals surface area contributed by atoms with Crippen molar-refractivity contribution in [2.75, 3.05) is 5.73 Å². The monoisotopic (exact) mass is 257 g/mol. The van der Waals surface area contributed by atoms with Crippen LogP contribution >= 0.6 is 11.8 Å². The van der Waals surface area contributed by atoms with Crippen LogP contribution in [-0.2, 0) is 5.75 Å². The molecule has 0 amide bonds. The Balaban J connectivity index is 1.79. The van der Waals surface area contributed by atoms with Gasteiger partial charge in [0, 0.05) is 23.7 Å². The lowest BCUT2D eigenvalue weighted by molar-refractivity contribution is 0.489. The number of thioether (sulfide) groups is 1. The molecule has 0 saturated heterocycles. The summed E-state index contributed by atoms with van der Waals surface area (Å²) in [5.74, 6) is 0.739. The highest BCUT2D eigenvalue weighted by Crippen LogP contribution is 2.26. The van der Waals surface area contributed by atoms with Gasteiger partial charge in [0.15, 0.2) is 5.58 Å². The summed E-state index contributed by atoms with van der Waals surface area (Å²) >= 11 is 1.52. The van der Waals surface area contributed by atoms with E-state index in [4.69, 9.17) is 10.2 Å².